The summed E-state index contributed by atoms with van der Waals surface area (Å²) in [7, 11) is 0. The van der Waals surface area contributed by atoms with Gasteiger partial charge in [0.05, 0.1) is 6.21 Å². The molecule has 6 heteroatoms. The van der Waals surface area contributed by atoms with Crippen molar-refractivity contribution in [2.45, 2.75) is 32.8 Å². The van der Waals surface area contributed by atoms with Crippen molar-refractivity contribution in [3.05, 3.63) is 76.3 Å². The summed E-state index contributed by atoms with van der Waals surface area (Å²) in [6.07, 6.45) is 1.76. The third-order valence-corrected chi connectivity index (χ3v) is 4.01. The molecule has 0 unspecified atom stereocenters. The number of H-pyrrole nitrogens is 1. The standard InChI is InChI=1S/C20H22N4OS/c1-20(2,3)18-22-23-19(26)24(18)21-13-16-10-7-11-17(12-16)25-14-15-8-5-4-6-9-15/h4-13H,14H2,1-3H3,(H,23,26)/b21-13-. The van der Waals surface area contributed by atoms with Gasteiger partial charge in [0.2, 0.25) is 4.77 Å². The quantitative estimate of drug-likeness (QED) is 0.526. The Balaban J connectivity index is 1.76. The van der Waals surface area contributed by atoms with Crippen molar-refractivity contribution in [3.8, 4) is 5.75 Å². The van der Waals surface area contributed by atoms with E-state index in [4.69, 9.17) is 17.0 Å². The zero-order chi connectivity index (χ0) is 18.6. The fourth-order valence-corrected chi connectivity index (χ4v) is 2.61. The number of hydrogen-bond donors (Lipinski definition) is 1. The molecule has 0 amide bonds. The van der Waals surface area contributed by atoms with Crippen LogP contribution in [0.4, 0.5) is 0 Å². The number of aromatic nitrogens is 3. The van der Waals surface area contributed by atoms with Gasteiger partial charge in [-0.3, -0.25) is 5.10 Å². The fourth-order valence-electron chi connectivity index (χ4n) is 2.43. The van der Waals surface area contributed by atoms with Crippen molar-refractivity contribution in [1.82, 2.24) is 14.9 Å². The molecule has 0 aliphatic heterocycles. The smallest absolute Gasteiger partial charge is 0.216 e. The maximum absolute atomic E-state index is 5.86. The molecule has 1 heterocycles. The highest BCUT2D eigenvalue weighted by atomic mass is 32.1. The van der Waals surface area contributed by atoms with Gasteiger partial charge in [-0.2, -0.15) is 14.9 Å². The topological polar surface area (TPSA) is 55.2 Å². The molecule has 0 bridgehead atoms. The predicted octanol–water partition coefficient (Wildman–Crippen LogP) is 4.70. The van der Waals surface area contributed by atoms with Crippen LogP contribution in [0.1, 0.15) is 37.7 Å². The Morgan fingerprint density at radius 3 is 2.65 bits per heavy atom. The van der Waals surface area contributed by atoms with E-state index in [1.807, 2.05) is 54.6 Å². The molecule has 0 saturated heterocycles. The zero-order valence-electron chi connectivity index (χ0n) is 15.1. The van der Waals surface area contributed by atoms with Gasteiger partial charge in [-0.25, -0.2) is 0 Å². The molecule has 5 nitrogen and oxygen atoms in total. The van der Waals surface area contributed by atoms with Crippen LogP contribution < -0.4 is 4.74 Å². The Labute approximate surface area is 158 Å². The Morgan fingerprint density at radius 2 is 1.92 bits per heavy atom. The maximum atomic E-state index is 5.86. The highest BCUT2D eigenvalue weighted by Gasteiger charge is 2.21. The van der Waals surface area contributed by atoms with Crippen molar-refractivity contribution < 1.29 is 4.74 Å². The first kappa shape index (κ1) is 18.1. The van der Waals surface area contributed by atoms with Crippen LogP contribution in [-0.4, -0.2) is 21.1 Å². The Hall–Kier alpha value is -2.73. The van der Waals surface area contributed by atoms with E-state index in [0.29, 0.717) is 11.4 Å². The molecule has 0 atom stereocenters. The van der Waals surface area contributed by atoms with Crippen LogP contribution >= 0.6 is 12.2 Å². The van der Waals surface area contributed by atoms with E-state index < -0.39 is 0 Å². The molecule has 26 heavy (non-hydrogen) atoms. The molecule has 0 spiro atoms. The number of ether oxygens (including phenoxy) is 1. The summed E-state index contributed by atoms with van der Waals surface area (Å²) < 4.78 is 8.00. The summed E-state index contributed by atoms with van der Waals surface area (Å²) in [6, 6.07) is 17.9. The normalized spacial score (nSPS) is 11.8. The van der Waals surface area contributed by atoms with Crippen LogP contribution in [0.25, 0.3) is 0 Å². The summed E-state index contributed by atoms with van der Waals surface area (Å²) in [6.45, 7) is 6.74. The van der Waals surface area contributed by atoms with Crippen LogP contribution in [0.3, 0.4) is 0 Å². The van der Waals surface area contributed by atoms with Gasteiger partial charge in [0, 0.05) is 5.41 Å². The summed E-state index contributed by atoms with van der Waals surface area (Å²) in [5.41, 5.74) is 1.90. The average molecular weight is 366 g/mol. The van der Waals surface area contributed by atoms with E-state index >= 15 is 0 Å². The molecule has 3 aromatic rings. The largest absolute Gasteiger partial charge is 0.489 e. The summed E-state index contributed by atoms with van der Waals surface area (Å²) in [5, 5.41) is 11.6. The van der Waals surface area contributed by atoms with Gasteiger partial charge in [0.1, 0.15) is 12.4 Å². The summed E-state index contributed by atoms with van der Waals surface area (Å²) in [5.74, 6) is 1.58. The van der Waals surface area contributed by atoms with Gasteiger partial charge < -0.3 is 4.74 Å². The van der Waals surface area contributed by atoms with Crippen LogP contribution in [0.15, 0.2) is 59.7 Å². The first-order chi connectivity index (χ1) is 12.4. The van der Waals surface area contributed by atoms with Crippen molar-refractivity contribution >= 4 is 18.4 Å². The second-order valence-electron chi connectivity index (χ2n) is 7.01. The summed E-state index contributed by atoms with van der Waals surface area (Å²) >= 11 is 5.29. The Morgan fingerprint density at radius 1 is 1.15 bits per heavy atom. The molecule has 2 aromatic carbocycles. The van der Waals surface area contributed by atoms with Crippen molar-refractivity contribution in [2.24, 2.45) is 5.10 Å². The van der Waals surface area contributed by atoms with E-state index in [0.717, 1.165) is 22.7 Å². The van der Waals surface area contributed by atoms with Crippen molar-refractivity contribution in [1.29, 1.82) is 0 Å². The predicted molar refractivity (Wildman–Crippen MR) is 106 cm³/mol. The van der Waals surface area contributed by atoms with Gasteiger partial charge in [-0.1, -0.05) is 63.2 Å². The molecular weight excluding hydrogens is 344 g/mol. The molecule has 1 N–H and O–H groups in total. The average Bonchev–Trinajstić information content (AvgIpc) is 3.00. The number of aromatic amines is 1. The number of nitrogens with zero attached hydrogens (tertiary/aromatic N) is 3. The van der Waals surface area contributed by atoms with Crippen LogP contribution in [0.5, 0.6) is 5.75 Å². The van der Waals surface area contributed by atoms with Crippen LogP contribution in [0, 0.1) is 4.77 Å². The van der Waals surface area contributed by atoms with Gasteiger partial charge >= 0.3 is 0 Å². The second kappa shape index (κ2) is 7.66. The first-order valence-corrected chi connectivity index (χ1v) is 8.83. The number of nitrogens with one attached hydrogen (secondary N) is 1. The van der Waals surface area contributed by atoms with Crippen LogP contribution in [0.2, 0.25) is 0 Å². The lowest BCUT2D eigenvalue weighted by Gasteiger charge is -2.15. The lowest BCUT2D eigenvalue weighted by Crippen LogP contribution is -2.17. The highest BCUT2D eigenvalue weighted by molar-refractivity contribution is 7.71. The van der Waals surface area contributed by atoms with Gasteiger partial charge in [0.25, 0.3) is 0 Å². The third-order valence-electron chi connectivity index (χ3n) is 3.75. The Kier molecular flexibility index (Phi) is 5.32. The lowest BCUT2D eigenvalue weighted by atomic mass is 9.96. The lowest BCUT2D eigenvalue weighted by molar-refractivity contribution is 0.306. The molecule has 0 radical (unpaired) electrons. The molecule has 0 saturated carbocycles. The molecule has 0 fully saturated rings. The molecular formula is C20H22N4OS. The molecule has 0 aliphatic rings. The van der Waals surface area contributed by atoms with E-state index in [-0.39, 0.29) is 5.41 Å². The van der Waals surface area contributed by atoms with E-state index in [1.54, 1.807) is 10.9 Å². The summed E-state index contributed by atoms with van der Waals surface area (Å²) in [4.78, 5) is 0. The number of hydrogen-bond acceptors (Lipinski definition) is 4. The minimum atomic E-state index is -0.161. The minimum absolute atomic E-state index is 0.161. The molecule has 1 aromatic heterocycles. The third kappa shape index (κ3) is 4.46. The Bertz CT molecular complexity index is 952. The first-order valence-electron chi connectivity index (χ1n) is 8.42. The second-order valence-corrected chi connectivity index (χ2v) is 7.39. The van der Waals surface area contributed by atoms with Crippen molar-refractivity contribution in [2.75, 3.05) is 0 Å². The number of benzene rings is 2. The molecule has 3 rings (SSSR count). The highest BCUT2D eigenvalue weighted by Crippen LogP contribution is 2.20. The van der Waals surface area contributed by atoms with Crippen LogP contribution in [-0.2, 0) is 12.0 Å². The SMILES string of the molecule is CC(C)(C)c1n[nH]c(=S)n1/N=C\c1cccc(OCc2ccccc2)c1. The maximum Gasteiger partial charge on any atom is 0.216 e. The monoisotopic (exact) mass is 366 g/mol. The van der Waals surface area contributed by atoms with Crippen molar-refractivity contribution in [3.63, 3.8) is 0 Å². The van der Waals surface area contributed by atoms with Gasteiger partial charge in [-0.05, 0) is 35.5 Å². The van der Waals surface area contributed by atoms with Gasteiger partial charge in [0.15, 0.2) is 5.82 Å². The zero-order valence-corrected chi connectivity index (χ0v) is 16.0. The fraction of sp³-hybridized carbons (Fsp3) is 0.250. The molecule has 0 aliphatic carbocycles. The van der Waals surface area contributed by atoms with E-state index in [2.05, 4.69) is 36.1 Å². The minimum Gasteiger partial charge on any atom is -0.489 e. The van der Waals surface area contributed by atoms with Gasteiger partial charge in [-0.15, -0.1) is 0 Å². The number of rotatable bonds is 5. The molecule has 134 valence electrons. The van der Waals surface area contributed by atoms with E-state index in [1.165, 1.54) is 0 Å². The van der Waals surface area contributed by atoms with E-state index in [9.17, 15) is 0 Å².